The van der Waals surface area contributed by atoms with Crippen LogP contribution in [0.4, 0.5) is 13.2 Å². The van der Waals surface area contributed by atoms with Crippen molar-refractivity contribution in [2.24, 2.45) is 0 Å². The molecule has 0 fully saturated rings. The second-order valence-electron chi connectivity index (χ2n) is 7.78. The zero-order valence-electron chi connectivity index (χ0n) is 17.7. The molecule has 3 aromatic rings. The number of alkyl halides is 3. The van der Waals surface area contributed by atoms with Crippen LogP contribution in [0.2, 0.25) is 0 Å². The highest BCUT2D eigenvalue weighted by Crippen LogP contribution is 2.43. The first kappa shape index (κ1) is 21.9. The number of aromatic nitrogens is 2. The van der Waals surface area contributed by atoms with Gasteiger partial charge in [0.2, 0.25) is 0 Å². The number of H-pyrrole nitrogens is 1. The van der Waals surface area contributed by atoms with Gasteiger partial charge in [0, 0.05) is 29.2 Å². The first-order chi connectivity index (χ1) is 15.3. The molecule has 0 bridgehead atoms. The Hall–Kier alpha value is -3.29. The molecule has 1 aliphatic rings. The smallest absolute Gasteiger partial charge is 0.416 e. The molecule has 0 amide bonds. The Morgan fingerprint density at radius 2 is 1.94 bits per heavy atom. The predicted octanol–water partition coefficient (Wildman–Crippen LogP) is 5.61. The van der Waals surface area contributed by atoms with E-state index in [0.29, 0.717) is 24.3 Å². The number of halogens is 3. The van der Waals surface area contributed by atoms with Crippen LogP contribution in [0.25, 0.3) is 0 Å². The topological polar surface area (TPSA) is 64.2 Å². The minimum Gasteiger partial charge on any atom is -0.493 e. The largest absolute Gasteiger partial charge is 0.493 e. The molecule has 0 radical (unpaired) electrons. The standard InChI is InChI=1S/C24H23F3N2O3/c1-3-16-20(30)11-17(18-12-28-29-23(16)18)14-8-9-21(22(10-14)31-2)32-13-15-6-4-5-7-19(15)24(25,26)27/h4-10,12,16-17H,3,11,13H2,1-2H3,(H,28,29). The molecule has 2 unspecified atom stereocenters. The maximum atomic E-state index is 13.2. The van der Waals surface area contributed by atoms with Crippen LogP contribution in [0.3, 0.4) is 0 Å². The summed E-state index contributed by atoms with van der Waals surface area (Å²) in [5.74, 6) is 0.517. The van der Waals surface area contributed by atoms with E-state index in [0.717, 1.165) is 22.9 Å². The number of benzene rings is 2. The Bertz CT molecular complexity index is 1120. The van der Waals surface area contributed by atoms with Crippen molar-refractivity contribution in [3.8, 4) is 11.5 Å². The van der Waals surface area contributed by atoms with Gasteiger partial charge in [0.25, 0.3) is 0 Å². The van der Waals surface area contributed by atoms with Crippen molar-refractivity contribution >= 4 is 5.78 Å². The summed E-state index contributed by atoms with van der Waals surface area (Å²) in [4.78, 5) is 12.7. The minimum atomic E-state index is -4.46. The van der Waals surface area contributed by atoms with Crippen LogP contribution in [-0.4, -0.2) is 23.1 Å². The summed E-state index contributed by atoms with van der Waals surface area (Å²) in [6.45, 7) is 1.72. The lowest BCUT2D eigenvalue weighted by atomic mass is 9.76. The number of ether oxygens (including phenoxy) is 2. The van der Waals surface area contributed by atoms with Crippen LogP contribution < -0.4 is 9.47 Å². The SMILES string of the molecule is CCC1C(=O)CC(c2ccc(OCc3ccccc3C(F)(F)F)c(OC)c2)c2cn[nH]c21. The monoisotopic (exact) mass is 444 g/mol. The lowest BCUT2D eigenvalue weighted by Gasteiger charge is -2.27. The fourth-order valence-corrected chi connectivity index (χ4v) is 4.30. The fourth-order valence-electron chi connectivity index (χ4n) is 4.30. The van der Waals surface area contributed by atoms with E-state index in [-0.39, 0.29) is 29.8 Å². The molecule has 8 heteroatoms. The predicted molar refractivity (Wildman–Crippen MR) is 112 cm³/mol. The number of aromatic amines is 1. The maximum Gasteiger partial charge on any atom is 0.416 e. The van der Waals surface area contributed by atoms with Gasteiger partial charge in [-0.3, -0.25) is 9.89 Å². The molecule has 2 atom stereocenters. The number of hydrogen-bond acceptors (Lipinski definition) is 4. The third kappa shape index (κ3) is 4.09. The van der Waals surface area contributed by atoms with Crippen LogP contribution in [0.5, 0.6) is 11.5 Å². The number of Topliss-reactive ketones (excluding diaryl/α,β-unsaturated/α-hetero) is 1. The van der Waals surface area contributed by atoms with Crippen molar-refractivity contribution in [2.45, 2.75) is 44.4 Å². The number of methoxy groups -OCH3 is 1. The van der Waals surface area contributed by atoms with E-state index < -0.39 is 11.7 Å². The lowest BCUT2D eigenvalue weighted by molar-refractivity contribution is -0.138. The molecular formula is C24H23F3N2O3. The van der Waals surface area contributed by atoms with E-state index >= 15 is 0 Å². The molecule has 0 saturated carbocycles. The van der Waals surface area contributed by atoms with Crippen molar-refractivity contribution in [3.63, 3.8) is 0 Å². The van der Waals surface area contributed by atoms with E-state index in [1.807, 2.05) is 13.0 Å². The van der Waals surface area contributed by atoms with Crippen LogP contribution >= 0.6 is 0 Å². The summed E-state index contributed by atoms with van der Waals surface area (Å²) in [5, 5.41) is 7.10. The van der Waals surface area contributed by atoms with E-state index in [1.165, 1.54) is 19.2 Å². The Morgan fingerprint density at radius 1 is 1.16 bits per heavy atom. The van der Waals surface area contributed by atoms with Gasteiger partial charge in [-0.15, -0.1) is 0 Å². The van der Waals surface area contributed by atoms with Crippen LogP contribution in [0.15, 0.2) is 48.7 Å². The number of ketones is 1. The van der Waals surface area contributed by atoms with E-state index in [9.17, 15) is 18.0 Å². The average Bonchev–Trinajstić information content (AvgIpc) is 3.26. The molecule has 0 aliphatic heterocycles. The lowest BCUT2D eigenvalue weighted by Crippen LogP contribution is -2.23. The van der Waals surface area contributed by atoms with Gasteiger partial charge in [-0.25, -0.2) is 0 Å². The van der Waals surface area contributed by atoms with Crippen molar-refractivity contribution in [3.05, 3.63) is 76.6 Å². The molecule has 2 aromatic carbocycles. The van der Waals surface area contributed by atoms with Gasteiger partial charge in [0.15, 0.2) is 11.5 Å². The van der Waals surface area contributed by atoms with Gasteiger partial charge in [0.1, 0.15) is 12.4 Å². The molecule has 1 heterocycles. The number of nitrogens with one attached hydrogen (secondary N) is 1. The van der Waals surface area contributed by atoms with Crippen LogP contribution in [0.1, 0.15) is 59.5 Å². The van der Waals surface area contributed by atoms with Crippen molar-refractivity contribution in [1.29, 1.82) is 0 Å². The average molecular weight is 444 g/mol. The molecule has 1 aliphatic carbocycles. The molecule has 0 saturated heterocycles. The Morgan fingerprint density at radius 3 is 2.66 bits per heavy atom. The van der Waals surface area contributed by atoms with Gasteiger partial charge in [-0.05, 0) is 30.2 Å². The zero-order chi connectivity index (χ0) is 22.9. The Balaban J connectivity index is 1.60. The molecule has 1 aromatic heterocycles. The van der Waals surface area contributed by atoms with Gasteiger partial charge < -0.3 is 9.47 Å². The molecule has 4 rings (SSSR count). The first-order valence-corrected chi connectivity index (χ1v) is 10.3. The number of rotatable bonds is 6. The zero-order valence-corrected chi connectivity index (χ0v) is 17.7. The summed E-state index contributed by atoms with van der Waals surface area (Å²) in [5.41, 5.74) is 1.99. The van der Waals surface area contributed by atoms with Crippen molar-refractivity contribution in [2.75, 3.05) is 7.11 Å². The highest BCUT2D eigenvalue weighted by Gasteiger charge is 2.35. The highest BCUT2D eigenvalue weighted by molar-refractivity contribution is 5.88. The molecule has 1 N–H and O–H groups in total. The van der Waals surface area contributed by atoms with Gasteiger partial charge in [-0.2, -0.15) is 18.3 Å². The second kappa shape index (κ2) is 8.68. The third-order valence-corrected chi connectivity index (χ3v) is 5.92. The van der Waals surface area contributed by atoms with Crippen molar-refractivity contribution < 1.29 is 27.4 Å². The summed E-state index contributed by atoms with van der Waals surface area (Å²) in [6, 6.07) is 10.6. The van der Waals surface area contributed by atoms with Gasteiger partial charge >= 0.3 is 6.18 Å². The highest BCUT2D eigenvalue weighted by atomic mass is 19.4. The second-order valence-corrected chi connectivity index (χ2v) is 7.78. The Kier molecular flexibility index (Phi) is 5.95. The molecule has 0 spiro atoms. The van der Waals surface area contributed by atoms with E-state index in [2.05, 4.69) is 10.2 Å². The number of carbonyl (C=O) groups is 1. The quantitative estimate of drug-likeness (QED) is 0.536. The number of hydrogen-bond donors (Lipinski definition) is 1. The van der Waals surface area contributed by atoms with Gasteiger partial charge in [-0.1, -0.05) is 31.2 Å². The van der Waals surface area contributed by atoms with Gasteiger partial charge in [0.05, 0.1) is 24.8 Å². The number of carbonyl (C=O) groups excluding carboxylic acids is 1. The first-order valence-electron chi connectivity index (χ1n) is 10.3. The molecule has 168 valence electrons. The summed E-state index contributed by atoms with van der Waals surface area (Å²) in [7, 11) is 1.47. The van der Waals surface area contributed by atoms with Crippen LogP contribution in [0, 0.1) is 0 Å². The van der Waals surface area contributed by atoms with Crippen molar-refractivity contribution in [1.82, 2.24) is 10.2 Å². The minimum absolute atomic E-state index is 0.0395. The molecule has 32 heavy (non-hydrogen) atoms. The summed E-state index contributed by atoms with van der Waals surface area (Å²) in [6.07, 6.45) is -1.65. The normalized spacial score (nSPS) is 18.3. The summed E-state index contributed by atoms with van der Waals surface area (Å²) >= 11 is 0. The third-order valence-electron chi connectivity index (χ3n) is 5.92. The molecule has 5 nitrogen and oxygen atoms in total. The Labute approximate surface area is 183 Å². The summed E-state index contributed by atoms with van der Waals surface area (Å²) < 4.78 is 50.9. The molecular weight excluding hydrogens is 421 g/mol. The number of nitrogens with zero attached hydrogens (tertiary/aromatic N) is 1. The van der Waals surface area contributed by atoms with E-state index in [1.54, 1.807) is 24.4 Å². The number of fused-ring (bicyclic) bond motifs is 1. The van der Waals surface area contributed by atoms with Crippen LogP contribution in [-0.2, 0) is 17.6 Å². The maximum absolute atomic E-state index is 13.2. The van der Waals surface area contributed by atoms with E-state index in [4.69, 9.17) is 9.47 Å². The fraction of sp³-hybridized carbons (Fsp3) is 0.333.